The zero-order valence-corrected chi connectivity index (χ0v) is 15.3. The summed E-state index contributed by atoms with van der Waals surface area (Å²) in [6.45, 7) is 7.79. The molecule has 1 saturated heterocycles. The molecule has 1 aliphatic heterocycles. The van der Waals surface area contributed by atoms with Crippen LogP contribution >= 0.6 is 0 Å². The van der Waals surface area contributed by atoms with Gasteiger partial charge in [0.15, 0.2) is 5.96 Å². The van der Waals surface area contributed by atoms with Crippen LogP contribution < -0.4 is 5.32 Å². The van der Waals surface area contributed by atoms with E-state index in [4.69, 9.17) is 14.5 Å². The van der Waals surface area contributed by atoms with Crippen LogP contribution in [0.5, 0.6) is 0 Å². The third-order valence-corrected chi connectivity index (χ3v) is 5.27. The van der Waals surface area contributed by atoms with Crippen LogP contribution in [-0.2, 0) is 9.47 Å². The van der Waals surface area contributed by atoms with Crippen LogP contribution in [-0.4, -0.2) is 64.5 Å². The number of ether oxygens (including phenoxy) is 2. The topological polar surface area (TPSA) is 46.1 Å². The zero-order valence-electron chi connectivity index (χ0n) is 15.3. The highest BCUT2D eigenvalue weighted by molar-refractivity contribution is 5.79. The van der Waals surface area contributed by atoms with Gasteiger partial charge in [-0.05, 0) is 56.8 Å². The minimum atomic E-state index is 0.415. The monoisotopic (exact) mass is 325 g/mol. The number of hydrogen-bond donors (Lipinski definition) is 1. The second-order valence-electron chi connectivity index (χ2n) is 7.18. The first-order chi connectivity index (χ1) is 11.2. The van der Waals surface area contributed by atoms with Crippen LogP contribution in [0.3, 0.4) is 0 Å². The Balaban J connectivity index is 1.79. The molecule has 5 nitrogen and oxygen atoms in total. The maximum atomic E-state index is 5.45. The highest BCUT2D eigenvalue weighted by Gasteiger charge is 2.41. The third kappa shape index (κ3) is 6.30. The number of methoxy groups -OCH3 is 1. The molecule has 0 bridgehead atoms. The average Bonchev–Trinajstić information content (AvgIpc) is 3.36. The minimum absolute atomic E-state index is 0.415. The number of hydrogen-bond acceptors (Lipinski definition) is 3. The van der Waals surface area contributed by atoms with E-state index in [-0.39, 0.29) is 0 Å². The standard InChI is InChI=1S/C18H35N3O2/c1-4-19-17(20-15-18(8-9-18)10-14-22-3)21(2)11-5-16-6-12-23-13-7-16/h16H,4-15H2,1-3H3,(H,19,20). The lowest BCUT2D eigenvalue weighted by atomic mass is 9.96. The van der Waals surface area contributed by atoms with Crippen molar-refractivity contribution in [3.05, 3.63) is 0 Å². The van der Waals surface area contributed by atoms with Gasteiger partial charge in [0.05, 0.1) is 0 Å². The van der Waals surface area contributed by atoms with Crippen LogP contribution in [0, 0.1) is 11.3 Å². The highest BCUT2D eigenvalue weighted by atomic mass is 16.5. The molecule has 2 fully saturated rings. The van der Waals surface area contributed by atoms with Gasteiger partial charge in [-0.15, -0.1) is 0 Å². The first-order valence-electron chi connectivity index (χ1n) is 9.25. The number of aliphatic imine (C=N–C) groups is 1. The fourth-order valence-corrected chi connectivity index (χ4v) is 3.21. The third-order valence-electron chi connectivity index (χ3n) is 5.27. The summed E-state index contributed by atoms with van der Waals surface area (Å²) in [5.41, 5.74) is 0.415. The molecule has 0 amide bonds. The summed E-state index contributed by atoms with van der Waals surface area (Å²) in [5, 5.41) is 3.45. The average molecular weight is 325 g/mol. The molecule has 5 heteroatoms. The van der Waals surface area contributed by atoms with Crippen molar-refractivity contribution < 1.29 is 9.47 Å². The van der Waals surface area contributed by atoms with Crippen LogP contribution in [0.25, 0.3) is 0 Å². The molecule has 0 aromatic heterocycles. The lowest BCUT2D eigenvalue weighted by molar-refractivity contribution is 0.0625. The van der Waals surface area contributed by atoms with Gasteiger partial charge in [-0.1, -0.05) is 0 Å². The molecule has 1 N–H and O–H groups in total. The maximum Gasteiger partial charge on any atom is 0.193 e. The molecule has 2 aliphatic rings. The van der Waals surface area contributed by atoms with Crippen molar-refractivity contribution in [3.63, 3.8) is 0 Å². The molecule has 1 heterocycles. The molecule has 0 aromatic rings. The summed E-state index contributed by atoms with van der Waals surface area (Å²) in [4.78, 5) is 7.21. The van der Waals surface area contributed by atoms with Crippen molar-refractivity contribution in [2.24, 2.45) is 16.3 Å². The Hall–Kier alpha value is -0.810. The molecule has 0 unspecified atom stereocenters. The van der Waals surface area contributed by atoms with Crippen LogP contribution in [0.2, 0.25) is 0 Å². The fourth-order valence-electron chi connectivity index (χ4n) is 3.21. The summed E-state index contributed by atoms with van der Waals surface area (Å²) in [6, 6.07) is 0. The van der Waals surface area contributed by atoms with E-state index in [2.05, 4.69) is 24.2 Å². The van der Waals surface area contributed by atoms with Gasteiger partial charge in [-0.3, -0.25) is 4.99 Å². The van der Waals surface area contributed by atoms with Crippen LogP contribution in [0.1, 0.15) is 45.4 Å². The normalized spacial score (nSPS) is 21.3. The first-order valence-corrected chi connectivity index (χ1v) is 9.25. The smallest absolute Gasteiger partial charge is 0.193 e. The molecular weight excluding hydrogens is 290 g/mol. The zero-order chi connectivity index (χ0) is 16.5. The van der Waals surface area contributed by atoms with E-state index in [1.54, 1.807) is 7.11 Å². The van der Waals surface area contributed by atoms with Crippen molar-refractivity contribution in [1.29, 1.82) is 0 Å². The Labute approximate surface area is 141 Å². The number of rotatable bonds is 9. The van der Waals surface area contributed by atoms with Gasteiger partial charge in [0.2, 0.25) is 0 Å². The summed E-state index contributed by atoms with van der Waals surface area (Å²) in [7, 11) is 3.95. The van der Waals surface area contributed by atoms with Gasteiger partial charge in [-0.25, -0.2) is 0 Å². The lowest BCUT2D eigenvalue weighted by Gasteiger charge is -2.27. The van der Waals surface area contributed by atoms with Gasteiger partial charge in [-0.2, -0.15) is 0 Å². The van der Waals surface area contributed by atoms with E-state index in [9.17, 15) is 0 Å². The summed E-state index contributed by atoms with van der Waals surface area (Å²) in [5.74, 6) is 1.87. The molecule has 1 saturated carbocycles. The molecule has 0 aromatic carbocycles. The molecule has 0 atom stereocenters. The Morgan fingerprint density at radius 3 is 2.70 bits per heavy atom. The van der Waals surface area contributed by atoms with Crippen LogP contribution in [0.15, 0.2) is 4.99 Å². The quantitative estimate of drug-likeness (QED) is 0.523. The van der Waals surface area contributed by atoms with Gasteiger partial charge in [0.1, 0.15) is 0 Å². The van der Waals surface area contributed by atoms with Crippen molar-refractivity contribution in [2.45, 2.75) is 45.4 Å². The SMILES string of the molecule is CCNC(=NCC1(CCOC)CC1)N(C)CCC1CCOCC1. The second kappa shape index (κ2) is 9.48. The molecule has 0 radical (unpaired) electrons. The molecule has 1 aliphatic carbocycles. The Bertz CT molecular complexity index is 363. The molecule has 134 valence electrons. The maximum absolute atomic E-state index is 5.45. The van der Waals surface area contributed by atoms with E-state index >= 15 is 0 Å². The van der Waals surface area contributed by atoms with E-state index in [0.29, 0.717) is 5.41 Å². The van der Waals surface area contributed by atoms with E-state index in [0.717, 1.165) is 57.8 Å². The Morgan fingerprint density at radius 1 is 1.35 bits per heavy atom. The van der Waals surface area contributed by atoms with Crippen molar-refractivity contribution in [2.75, 3.05) is 53.6 Å². The van der Waals surface area contributed by atoms with E-state index in [1.807, 2.05) is 0 Å². The highest BCUT2D eigenvalue weighted by Crippen LogP contribution is 2.49. The minimum Gasteiger partial charge on any atom is -0.385 e. The van der Waals surface area contributed by atoms with Gasteiger partial charge < -0.3 is 19.7 Å². The number of guanidine groups is 1. The summed E-state index contributed by atoms with van der Waals surface area (Å²) in [6.07, 6.45) is 7.39. The lowest BCUT2D eigenvalue weighted by Crippen LogP contribution is -2.40. The van der Waals surface area contributed by atoms with Gasteiger partial charge in [0.25, 0.3) is 0 Å². The summed E-state index contributed by atoms with van der Waals surface area (Å²) < 4.78 is 10.7. The molecular formula is C18H35N3O2. The first kappa shape index (κ1) is 18.5. The van der Waals surface area contributed by atoms with Gasteiger partial charge >= 0.3 is 0 Å². The fraction of sp³-hybridized carbons (Fsp3) is 0.944. The Morgan fingerprint density at radius 2 is 2.09 bits per heavy atom. The molecule has 0 spiro atoms. The number of nitrogens with zero attached hydrogens (tertiary/aromatic N) is 2. The van der Waals surface area contributed by atoms with Crippen molar-refractivity contribution in [1.82, 2.24) is 10.2 Å². The molecule has 23 heavy (non-hydrogen) atoms. The Kier molecular flexibility index (Phi) is 7.63. The van der Waals surface area contributed by atoms with Crippen molar-refractivity contribution in [3.8, 4) is 0 Å². The van der Waals surface area contributed by atoms with E-state index in [1.165, 1.54) is 32.1 Å². The molecule has 2 rings (SSSR count). The van der Waals surface area contributed by atoms with Gasteiger partial charge in [0, 0.05) is 53.6 Å². The second-order valence-corrected chi connectivity index (χ2v) is 7.18. The summed E-state index contributed by atoms with van der Waals surface area (Å²) >= 11 is 0. The predicted octanol–water partition coefficient (Wildman–Crippen LogP) is 2.52. The largest absolute Gasteiger partial charge is 0.385 e. The van der Waals surface area contributed by atoms with Crippen molar-refractivity contribution >= 4 is 5.96 Å². The number of nitrogens with one attached hydrogen (secondary N) is 1. The predicted molar refractivity (Wildman–Crippen MR) is 94.9 cm³/mol. The van der Waals surface area contributed by atoms with Crippen LogP contribution in [0.4, 0.5) is 0 Å². The van der Waals surface area contributed by atoms with E-state index < -0.39 is 0 Å².